The fourth-order valence-corrected chi connectivity index (χ4v) is 3.99. The molecular weight excluding hydrogens is 274 g/mol. The SMILES string of the molecule is CCCC(NCC)C(CC)N1CCN(S(C)(=O)=O)CC1. The molecule has 5 nitrogen and oxygen atoms in total. The number of piperazine rings is 1. The van der Waals surface area contributed by atoms with Gasteiger partial charge in [0.05, 0.1) is 6.26 Å². The Kier molecular flexibility index (Phi) is 7.43. The van der Waals surface area contributed by atoms with Crippen molar-refractivity contribution in [1.82, 2.24) is 14.5 Å². The van der Waals surface area contributed by atoms with E-state index < -0.39 is 10.0 Å². The van der Waals surface area contributed by atoms with Gasteiger partial charge in [0.15, 0.2) is 0 Å². The molecule has 2 unspecified atom stereocenters. The minimum Gasteiger partial charge on any atom is -0.313 e. The minimum atomic E-state index is -3.03. The zero-order valence-electron chi connectivity index (χ0n) is 13.4. The van der Waals surface area contributed by atoms with Gasteiger partial charge in [-0.2, -0.15) is 4.31 Å². The van der Waals surface area contributed by atoms with E-state index in [9.17, 15) is 8.42 Å². The quantitative estimate of drug-likeness (QED) is 0.730. The monoisotopic (exact) mass is 305 g/mol. The number of hydrogen-bond acceptors (Lipinski definition) is 4. The van der Waals surface area contributed by atoms with Crippen molar-refractivity contribution >= 4 is 10.0 Å². The number of hydrogen-bond donors (Lipinski definition) is 1. The topological polar surface area (TPSA) is 52.6 Å². The molecule has 0 aromatic carbocycles. The van der Waals surface area contributed by atoms with Crippen molar-refractivity contribution < 1.29 is 8.42 Å². The van der Waals surface area contributed by atoms with E-state index in [2.05, 4.69) is 31.0 Å². The number of nitrogens with one attached hydrogen (secondary N) is 1. The second-order valence-electron chi connectivity index (χ2n) is 5.63. The number of nitrogens with zero attached hydrogens (tertiary/aromatic N) is 2. The van der Waals surface area contributed by atoms with Crippen LogP contribution in [-0.4, -0.2) is 68.7 Å². The fourth-order valence-electron chi connectivity index (χ4n) is 3.17. The largest absolute Gasteiger partial charge is 0.313 e. The molecule has 1 heterocycles. The fraction of sp³-hybridized carbons (Fsp3) is 1.00. The van der Waals surface area contributed by atoms with E-state index in [4.69, 9.17) is 0 Å². The molecule has 0 aromatic heterocycles. The van der Waals surface area contributed by atoms with Crippen molar-refractivity contribution in [2.75, 3.05) is 39.0 Å². The Morgan fingerprint density at radius 2 is 1.70 bits per heavy atom. The van der Waals surface area contributed by atoms with Crippen molar-refractivity contribution in [3.05, 3.63) is 0 Å². The van der Waals surface area contributed by atoms with E-state index in [-0.39, 0.29) is 0 Å². The molecule has 0 radical (unpaired) electrons. The molecule has 1 N–H and O–H groups in total. The van der Waals surface area contributed by atoms with Crippen LogP contribution in [0.5, 0.6) is 0 Å². The van der Waals surface area contributed by atoms with Crippen LogP contribution in [0.1, 0.15) is 40.0 Å². The van der Waals surface area contributed by atoms with Crippen molar-refractivity contribution in [2.24, 2.45) is 0 Å². The Morgan fingerprint density at radius 1 is 1.10 bits per heavy atom. The molecule has 2 atom stereocenters. The maximum Gasteiger partial charge on any atom is 0.211 e. The van der Waals surface area contributed by atoms with Crippen molar-refractivity contribution in [2.45, 2.75) is 52.1 Å². The third-order valence-electron chi connectivity index (χ3n) is 4.16. The molecule has 1 aliphatic heterocycles. The highest BCUT2D eigenvalue weighted by molar-refractivity contribution is 7.88. The van der Waals surface area contributed by atoms with Crippen LogP contribution in [0.25, 0.3) is 0 Å². The van der Waals surface area contributed by atoms with Crippen molar-refractivity contribution in [3.8, 4) is 0 Å². The first kappa shape index (κ1) is 17.9. The average molecular weight is 305 g/mol. The molecule has 6 heteroatoms. The average Bonchev–Trinajstić information content (AvgIpc) is 2.39. The van der Waals surface area contributed by atoms with Gasteiger partial charge < -0.3 is 5.32 Å². The molecule has 0 amide bonds. The summed E-state index contributed by atoms with van der Waals surface area (Å²) in [5, 5.41) is 3.60. The number of rotatable bonds is 8. The Balaban J connectivity index is 2.63. The normalized spacial score (nSPS) is 21.8. The van der Waals surface area contributed by atoms with Crippen LogP contribution in [0.3, 0.4) is 0 Å². The lowest BCUT2D eigenvalue weighted by atomic mass is 9.98. The van der Waals surface area contributed by atoms with E-state index in [0.29, 0.717) is 25.2 Å². The summed E-state index contributed by atoms with van der Waals surface area (Å²) in [5.41, 5.74) is 0. The smallest absolute Gasteiger partial charge is 0.211 e. The van der Waals surface area contributed by atoms with Crippen LogP contribution in [0.2, 0.25) is 0 Å². The Morgan fingerprint density at radius 3 is 2.10 bits per heavy atom. The molecular formula is C14H31N3O2S. The van der Waals surface area contributed by atoms with Gasteiger partial charge in [-0.1, -0.05) is 27.2 Å². The van der Waals surface area contributed by atoms with Crippen LogP contribution in [-0.2, 0) is 10.0 Å². The second kappa shape index (κ2) is 8.32. The Hall–Kier alpha value is -0.170. The highest BCUT2D eigenvalue weighted by atomic mass is 32.2. The van der Waals surface area contributed by atoms with Gasteiger partial charge in [0.1, 0.15) is 0 Å². The number of likely N-dealkylation sites (N-methyl/N-ethyl adjacent to an activating group) is 1. The van der Waals surface area contributed by atoms with Gasteiger partial charge in [0, 0.05) is 38.3 Å². The van der Waals surface area contributed by atoms with Crippen LogP contribution >= 0.6 is 0 Å². The summed E-state index contributed by atoms with van der Waals surface area (Å²) in [6, 6.07) is 1.02. The molecule has 0 saturated carbocycles. The third kappa shape index (κ3) is 4.98. The molecule has 20 heavy (non-hydrogen) atoms. The lowest BCUT2D eigenvalue weighted by Crippen LogP contribution is -2.57. The molecule has 0 bridgehead atoms. The van der Waals surface area contributed by atoms with Crippen molar-refractivity contribution in [3.63, 3.8) is 0 Å². The zero-order chi connectivity index (χ0) is 15.2. The van der Waals surface area contributed by atoms with Crippen molar-refractivity contribution in [1.29, 1.82) is 0 Å². The second-order valence-corrected chi connectivity index (χ2v) is 7.61. The molecule has 1 saturated heterocycles. The predicted octanol–water partition coefficient (Wildman–Crippen LogP) is 1.12. The Labute approximate surface area is 124 Å². The van der Waals surface area contributed by atoms with Gasteiger partial charge in [-0.3, -0.25) is 4.90 Å². The molecule has 120 valence electrons. The zero-order valence-corrected chi connectivity index (χ0v) is 14.2. The first-order chi connectivity index (χ1) is 9.43. The number of sulfonamides is 1. The van der Waals surface area contributed by atoms with Gasteiger partial charge in [-0.15, -0.1) is 0 Å². The molecule has 0 aliphatic carbocycles. The summed E-state index contributed by atoms with van der Waals surface area (Å²) in [5.74, 6) is 0. The van der Waals surface area contributed by atoms with Gasteiger partial charge in [-0.25, -0.2) is 8.42 Å². The van der Waals surface area contributed by atoms with E-state index in [1.54, 1.807) is 4.31 Å². The molecule has 1 rings (SSSR count). The molecule has 0 spiro atoms. The summed E-state index contributed by atoms with van der Waals surface area (Å²) < 4.78 is 24.7. The first-order valence-corrected chi connectivity index (χ1v) is 9.71. The van der Waals surface area contributed by atoms with Crippen LogP contribution in [0.15, 0.2) is 0 Å². The summed E-state index contributed by atoms with van der Waals surface area (Å²) >= 11 is 0. The van der Waals surface area contributed by atoms with Gasteiger partial charge >= 0.3 is 0 Å². The first-order valence-electron chi connectivity index (χ1n) is 7.86. The summed E-state index contributed by atoms with van der Waals surface area (Å²) in [6.07, 6.45) is 4.77. The van der Waals surface area contributed by atoms with E-state index in [0.717, 1.165) is 26.1 Å². The standard InChI is InChI=1S/C14H31N3O2S/c1-5-8-13(15-7-3)14(6-2)16-9-11-17(12-10-16)20(4,18)19/h13-15H,5-12H2,1-4H3. The predicted molar refractivity (Wildman–Crippen MR) is 84.4 cm³/mol. The lowest BCUT2D eigenvalue weighted by Gasteiger charge is -2.41. The van der Waals surface area contributed by atoms with Gasteiger partial charge in [0.25, 0.3) is 0 Å². The Bertz CT molecular complexity index is 359. The van der Waals surface area contributed by atoms with E-state index in [1.807, 2.05) is 0 Å². The maximum atomic E-state index is 11.6. The van der Waals surface area contributed by atoms with Crippen LogP contribution in [0, 0.1) is 0 Å². The van der Waals surface area contributed by atoms with E-state index >= 15 is 0 Å². The summed E-state index contributed by atoms with van der Waals surface area (Å²) in [4.78, 5) is 2.46. The summed E-state index contributed by atoms with van der Waals surface area (Å²) in [7, 11) is -3.03. The van der Waals surface area contributed by atoms with Crippen LogP contribution < -0.4 is 5.32 Å². The minimum absolute atomic E-state index is 0.511. The molecule has 1 fully saturated rings. The summed E-state index contributed by atoms with van der Waals surface area (Å²) in [6.45, 7) is 10.5. The van der Waals surface area contributed by atoms with Crippen LogP contribution in [0.4, 0.5) is 0 Å². The molecule has 1 aliphatic rings. The van der Waals surface area contributed by atoms with Gasteiger partial charge in [0.2, 0.25) is 10.0 Å². The molecule has 0 aromatic rings. The highest BCUT2D eigenvalue weighted by Crippen LogP contribution is 2.17. The van der Waals surface area contributed by atoms with E-state index in [1.165, 1.54) is 19.1 Å². The maximum absolute atomic E-state index is 11.6. The van der Waals surface area contributed by atoms with Gasteiger partial charge in [-0.05, 0) is 19.4 Å². The third-order valence-corrected chi connectivity index (χ3v) is 5.46. The lowest BCUT2D eigenvalue weighted by molar-refractivity contribution is 0.105. The highest BCUT2D eigenvalue weighted by Gasteiger charge is 2.30.